The molecular weight excluding hydrogens is 467 g/mol. The highest BCUT2D eigenvalue weighted by molar-refractivity contribution is 14.0. The number of hydrogen-bond acceptors (Lipinski definition) is 5. The van der Waals surface area contributed by atoms with Gasteiger partial charge in [0.25, 0.3) is 0 Å². The highest BCUT2D eigenvalue weighted by Crippen LogP contribution is 2.24. The van der Waals surface area contributed by atoms with Crippen molar-refractivity contribution in [2.45, 2.75) is 31.7 Å². The van der Waals surface area contributed by atoms with Crippen molar-refractivity contribution in [3.63, 3.8) is 0 Å². The van der Waals surface area contributed by atoms with Gasteiger partial charge in [-0.05, 0) is 44.5 Å². The molecular formula is C17H31IN4O3S. The van der Waals surface area contributed by atoms with E-state index in [1.807, 2.05) is 12.1 Å². The van der Waals surface area contributed by atoms with Crippen molar-refractivity contribution in [3.05, 3.63) is 24.2 Å². The van der Waals surface area contributed by atoms with E-state index in [0.717, 1.165) is 18.8 Å². The maximum Gasteiger partial charge on any atom is 0.191 e. The minimum Gasteiger partial charge on any atom is -0.468 e. The van der Waals surface area contributed by atoms with Gasteiger partial charge in [0.2, 0.25) is 0 Å². The van der Waals surface area contributed by atoms with Gasteiger partial charge in [-0.2, -0.15) is 0 Å². The quantitative estimate of drug-likeness (QED) is 0.247. The molecule has 2 heterocycles. The van der Waals surface area contributed by atoms with Crippen molar-refractivity contribution in [1.82, 2.24) is 15.5 Å². The van der Waals surface area contributed by atoms with Gasteiger partial charge in [-0.3, -0.25) is 9.89 Å². The van der Waals surface area contributed by atoms with Crippen LogP contribution < -0.4 is 10.6 Å². The minimum atomic E-state index is -2.92. The Labute approximate surface area is 173 Å². The third kappa shape index (κ3) is 8.26. The molecule has 0 aliphatic carbocycles. The van der Waals surface area contributed by atoms with E-state index in [4.69, 9.17) is 4.42 Å². The highest BCUT2D eigenvalue weighted by atomic mass is 127. The molecule has 0 aromatic carbocycles. The molecule has 9 heteroatoms. The second-order valence-electron chi connectivity index (χ2n) is 6.49. The van der Waals surface area contributed by atoms with E-state index in [2.05, 4.69) is 20.5 Å². The molecule has 1 aromatic rings. The molecule has 1 saturated heterocycles. The lowest BCUT2D eigenvalue weighted by Gasteiger charge is -2.33. The fourth-order valence-corrected chi connectivity index (χ4v) is 3.74. The van der Waals surface area contributed by atoms with Crippen LogP contribution in [0.25, 0.3) is 0 Å². The summed E-state index contributed by atoms with van der Waals surface area (Å²) in [5.41, 5.74) is 0. The molecule has 1 atom stereocenters. The van der Waals surface area contributed by atoms with Crippen molar-refractivity contribution in [2.75, 3.05) is 45.2 Å². The predicted octanol–water partition coefficient (Wildman–Crippen LogP) is 2.02. The smallest absolute Gasteiger partial charge is 0.191 e. The Bertz CT molecular complexity index is 628. The molecule has 26 heavy (non-hydrogen) atoms. The molecule has 0 saturated carbocycles. The van der Waals surface area contributed by atoms with E-state index >= 15 is 0 Å². The molecule has 1 aliphatic rings. The number of piperidine rings is 1. The first-order chi connectivity index (χ1) is 12.0. The minimum absolute atomic E-state index is 0. The summed E-state index contributed by atoms with van der Waals surface area (Å²) in [7, 11) is -1.20. The van der Waals surface area contributed by atoms with Gasteiger partial charge >= 0.3 is 0 Å². The van der Waals surface area contributed by atoms with Crippen molar-refractivity contribution in [2.24, 2.45) is 4.99 Å². The van der Waals surface area contributed by atoms with Crippen LogP contribution in [0.4, 0.5) is 0 Å². The van der Waals surface area contributed by atoms with Gasteiger partial charge in [-0.25, -0.2) is 8.42 Å². The van der Waals surface area contributed by atoms with E-state index in [0.29, 0.717) is 25.5 Å². The maximum atomic E-state index is 11.2. The first-order valence-corrected chi connectivity index (χ1v) is 11.0. The van der Waals surface area contributed by atoms with Gasteiger partial charge < -0.3 is 15.1 Å². The van der Waals surface area contributed by atoms with Crippen LogP contribution in [0, 0.1) is 0 Å². The average Bonchev–Trinajstić information content (AvgIpc) is 3.11. The molecule has 1 unspecified atom stereocenters. The summed E-state index contributed by atoms with van der Waals surface area (Å²) in [5, 5.41) is 6.51. The number of aliphatic imine (C=N–C) groups is 1. The van der Waals surface area contributed by atoms with Crippen molar-refractivity contribution in [3.8, 4) is 0 Å². The lowest BCUT2D eigenvalue weighted by Crippen LogP contribution is -2.44. The Kier molecular flexibility index (Phi) is 10.6. The summed E-state index contributed by atoms with van der Waals surface area (Å²) in [6.07, 6.45) is 7.26. The Balaban J connectivity index is 0.00000338. The van der Waals surface area contributed by atoms with Gasteiger partial charge in [0.15, 0.2) is 5.96 Å². The monoisotopic (exact) mass is 498 g/mol. The molecule has 0 bridgehead atoms. The molecule has 1 aliphatic heterocycles. The normalized spacial score (nSPS) is 17.4. The Morgan fingerprint density at radius 3 is 2.62 bits per heavy atom. The summed E-state index contributed by atoms with van der Waals surface area (Å²) >= 11 is 0. The van der Waals surface area contributed by atoms with Crippen LogP contribution in [0.15, 0.2) is 27.8 Å². The largest absolute Gasteiger partial charge is 0.468 e. The zero-order valence-electron chi connectivity index (χ0n) is 15.6. The SMILES string of the molecule is CN=C(NCCCS(C)(=O)=O)NCC(c1ccco1)N1CCCCC1.I. The molecule has 150 valence electrons. The highest BCUT2D eigenvalue weighted by Gasteiger charge is 2.24. The van der Waals surface area contributed by atoms with Crippen LogP contribution in [0.2, 0.25) is 0 Å². The van der Waals surface area contributed by atoms with E-state index in [-0.39, 0.29) is 35.8 Å². The number of sulfone groups is 1. The van der Waals surface area contributed by atoms with Crippen LogP contribution in [0.5, 0.6) is 0 Å². The Hall–Kier alpha value is -0.810. The molecule has 1 fully saturated rings. The molecule has 0 radical (unpaired) electrons. The van der Waals surface area contributed by atoms with Crippen LogP contribution in [-0.4, -0.2) is 64.5 Å². The lowest BCUT2D eigenvalue weighted by molar-refractivity contribution is 0.146. The molecule has 7 nitrogen and oxygen atoms in total. The van der Waals surface area contributed by atoms with Gasteiger partial charge in [0, 0.05) is 26.4 Å². The van der Waals surface area contributed by atoms with Crippen LogP contribution in [0.3, 0.4) is 0 Å². The fraction of sp³-hybridized carbons (Fsp3) is 0.706. The average molecular weight is 498 g/mol. The number of nitrogens with one attached hydrogen (secondary N) is 2. The number of rotatable bonds is 8. The van der Waals surface area contributed by atoms with Crippen molar-refractivity contribution >= 4 is 39.8 Å². The van der Waals surface area contributed by atoms with Crippen LogP contribution >= 0.6 is 24.0 Å². The van der Waals surface area contributed by atoms with Crippen LogP contribution in [-0.2, 0) is 9.84 Å². The zero-order valence-corrected chi connectivity index (χ0v) is 18.8. The third-order valence-corrected chi connectivity index (χ3v) is 5.40. The summed E-state index contributed by atoms with van der Waals surface area (Å²) in [6.45, 7) is 3.42. The summed E-state index contributed by atoms with van der Waals surface area (Å²) in [4.78, 5) is 6.67. The number of furan rings is 1. The zero-order chi connectivity index (χ0) is 18.1. The third-order valence-electron chi connectivity index (χ3n) is 4.37. The molecule has 1 aromatic heterocycles. The Morgan fingerprint density at radius 2 is 2.04 bits per heavy atom. The second kappa shape index (κ2) is 11.8. The van der Waals surface area contributed by atoms with Gasteiger partial charge in [-0.1, -0.05) is 6.42 Å². The van der Waals surface area contributed by atoms with Crippen molar-refractivity contribution < 1.29 is 12.8 Å². The number of guanidine groups is 1. The van der Waals surface area contributed by atoms with E-state index in [1.54, 1.807) is 13.3 Å². The predicted molar refractivity (Wildman–Crippen MR) is 116 cm³/mol. The van der Waals surface area contributed by atoms with E-state index in [9.17, 15) is 8.42 Å². The van der Waals surface area contributed by atoms with Crippen LogP contribution in [0.1, 0.15) is 37.5 Å². The van der Waals surface area contributed by atoms with Gasteiger partial charge in [0.05, 0.1) is 18.1 Å². The fourth-order valence-electron chi connectivity index (χ4n) is 3.08. The first kappa shape index (κ1) is 23.2. The standard InChI is InChI=1S/C17H30N4O3S.HI/c1-18-17(19-9-7-13-25(2,22)23)20-14-15(16-8-6-12-24-16)21-10-4-3-5-11-21;/h6,8,12,15H,3-5,7,9-11,13-14H2,1-2H3,(H2,18,19,20);1H. The van der Waals surface area contributed by atoms with E-state index in [1.165, 1.54) is 25.5 Å². The molecule has 0 amide bonds. The van der Waals surface area contributed by atoms with Gasteiger partial charge in [0.1, 0.15) is 15.6 Å². The first-order valence-electron chi connectivity index (χ1n) is 8.89. The Morgan fingerprint density at radius 1 is 1.31 bits per heavy atom. The molecule has 2 N–H and O–H groups in total. The maximum absolute atomic E-state index is 11.2. The topological polar surface area (TPSA) is 86.9 Å². The number of likely N-dealkylation sites (tertiary alicyclic amines) is 1. The number of halogens is 1. The van der Waals surface area contributed by atoms with Gasteiger partial charge in [-0.15, -0.1) is 24.0 Å². The van der Waals surface area contributed by atoms with E-state index < -0.39 is 9.84 Å². The summed E-state index contributed by atoms with van der Waals surface area (Å²) in [5.74, 6) is 1.82. The summed E-state index contributed by atoms with van der Waals surface area (Å²) < 4.78 is 28.0. The molecule has 2 rings (SSSR count). The number of nitrogens with zero attached hydrogens (tertiary/aromatic N) is 2. The number of hydrogen-bond donors (Lipinski definition) is 2. The van der Waals surface area contributed by atoms with Crippen molar-refractivity contribution in [1.29, 1.82) is 0 Å². The second-order valence-corrected chi connectivity index (χ2v) is 8.75. The molecule has 0 spiro atoms. The lowest BCUT2D eigenvalue weighted by atomic mass is 10.1. The summed E-state index contributed by atoms with van der Waals surface area (Å²) in [6, 6.07) is 4.11.